The molecule has 0 unspecified atom stereocenters. The van der Waals surface area contributed by atoms with Gasteiger partial charge < -0.3 is 4.74 Å². The van der Waals surface area contributed by atoms with Gasteiger partial charge in [0.2, 0.25) is 0 Å². The second kappa shape index (κ2) is 5.43. The van der Waals surface area contributed by atoms with Crippen molar-refractivity contribution in [2.75, 3.05) is 0 Å². The van der Waals surface area contributed by atoms with Gasteiger partial charge in [0, 0.05) is 0 Å². The number of allylic oxidation sites excluding steroid dienone is 1. The Morgan fingerprint density at radius 3 is 2.08 bits per heavy atom. The van der Waals surface area contributed by atoms with Gasteiger partial charge in [-0.15, -0.1) is 0 Å². The third-order valence-electron chi connectivity index (χ3n) is 1.54. The van der Waals surface area contributed by atoms with E-state index >= 15 is 0 Å². The molecule has 0 saturated carbocycles. The van der Waals surface area contributed by atoms with Crippen LogP contribution >= 0.6 is 0 Å². The van der Waals surface area contributed by atoms with Crippen molar-refractivity contribution in [1.82, 2.24) is 0 Å². The lowest BCUT2D eigenvalue weighted by Gasteiger charge is -2.24. The molecule has 0 aliphatic carbocycles. The molecule has 0 aromatic rings. The van der Waals surface area contributed by atoms with Crippen LogP contribution in [0.5, 0.6) is 0 Å². The first kappa shape index (κ1) is 12.7. The van der Waals surface area contributed by atoms with Crippen LogP contribution in [0, 0.1) is 5.92 Å². The predicted molar refractivity (Wildman–Crippen MR) is 58.9 cm³/mol. The number of hydrogen-bond acceptors (Lipinski definition) is 1. The monoisotopic (exact) mass is 184 g/mol. The summed E-state index contributed by atoms with van der Waals surface area (Å²) in [4.78, 5) is 0. The van der Waals surface area contributed by atoms with Crippen LogP contribution in [0.1, 0.15) is 48.0 Å². The molecule has 0 N–H and O–H groups in total. The van der Waals surface area contributed by atoms with Crippen LogP contribution < -0.4 is 0 Å². The third-order valence-corrected chi connectivity index (χ3v) is 1.54. The lowest BCUT2D eigenvalue weighted by Crippen LogP contribution is -2.25. The normalized spacial score (nSPS) is 15.6. The fourth-order valence-electron chi connectivity index (χ4n) is 1.19. The lowest BCUT2D eigenvalue weighted by molar-refractivity contribution is -0.0494. The molecule has 0 aromatic heterocycles. The minimum absolute atomic E-state index is 0.0227. The van der Waals surface area contributed by atoms with E-state index in [-0.39, 0.29) is 5.60 Å². The molecule has 0 bridgehead atoms. The Labute approximate surface area is 83.2 Å². The summed E-state index contributed by atoms with van der Waals surface area (Å²) in [5.74, 6) is 0.641. The van der Waals surface area contributed by atoms with E-state index in [4.69, 9.17) is 4.74 Å². The van der Waals surface area contributed by atoms with Crippen molar-refractivity contribution in [2.45, 2.75) is 59.7 Å². The van der Waals surface area contributed by atoms with Gasteiger partial charge in [-0.05, 0) is 40.0 Å². The lowest BCUT2D eigenvalue weighted by atomic mass is 10.1. The highest BCUT2D eigenvalue weighted by atomic mass is 16.5. The van der Waals surface area contributed by atoms with Gasteiger partial charge in [-0.2, -0.15) is 0 Å². The van der Waals surface area contributed by atoms with Crippen LogP contribution in [0.2, 0.25) is 0 Å². The van der Waals surface area contributed by atoms with Crippen LogP contribution in [0.25, 0.3) is 0 Å². The Kier molecular flexibility index (Phi) is 5.31. The van der Waals surface area contributed by atoms with E-state index in [0.717, 1.165) is 6.42 Å². The minimum Gasteiger partial charge on any atom is -0.373 e. The van der Waals surface area contributed by atoms with Crippen LogP contribution in [-0.2, 0) is 4.74 Å². The Morgan fingerprint density at radius 1 is 1.15 bits per heavy atom. The first-order valence-electron chi connectivity index (χ1n) is 5.16. The van der Waals surface area contributed by atoms with Gasteiger partial charge in [-0.25, -0.2) is 0 Å². The molecule has 1 heteroatoms. The van der Waals surface area contributed by atoms with Crippen molar-refractivity contribution in [3.63, 3.8) is 0 Å². The van der Waals surface area contributed by atoms with Crippen LogP contribution in [0.4, 0.5) is 0 Å². The first-order valence-corrected chi connectivity index (χ1v) is 5.16. The highest BCUT2D eigenvalue weighted by molar-refractivity contribution is 4.86. The maximum Gasteiger partial charge on any atom is 0.0602 e. The highest BCUT2D eigenvalue weighted by Gasteiger charge is 2.13. The number of hydrogen-bond donors (Lipinski definition) is 0. The van der Waals surface area contributed by atoms with Crippen molar-refractivity contribution in [3.8, 4) is 0 Å². The Hall–Kier alpha value is -0.300. The maximum atomic E-state index is 5.77. The molecule has 0 amide bonds. The molecule has 0 aliphatic heterocycles. The molecule has 78 valence electrons. The number of ether oxygens (including phenoxy) is 1. The standard InChI is InChI=1S/C12H24O/c1-10(2)8-7-9-11(3)13-12(4,5)6/h7-8,10-11H,9H2,1-6H3/b8-7+/t11-/m1/s1. The summed E-state index contributed by atoms with van der Waals surface area (Å²) >= 11 is 0. The summed E-state index contributed by atoms with van der Waals surface area (Å²) in [5, 5.41) is 0. The second-order valence-electron chi connectivity index (χ2n) is 4.95. The topological polar surface area (TPSA) is 9.23 Å². The van der Waals surface area contributed by atoms with Gasteiger partial charge in [0.1, 0.15) is 0 Å². The molecule has 0 spiro atoms. The quantitative estimate of drug-likeness (QED) is 0.604. The summed E-state index contributed by atoms with van der Waals surface area (Å²) in [6, 6.07) is 0. The molecule has 1 nitrogen and oxygen atoms in total. The maximum absolute atomic E-state index is 5.77. The average Bonchev–Trinajstić information content (AvgIpc) is 1.81. The van der Waals surface area contributed by atoms with Gasteiger partial charge in [-0.3, -0.25) is 0 Å². The highest BCUT2D eigenvalue weighted by Crippen LogP contribution is 2.13. The van der Waals surface area contributed by atoms with Gasteiger partial charge in [0.05, 0.1) is 11.7 Å². The van der Waals surface area contributed by atoms with Gasteiger partial charge >= 0.3 is 0 Å². The predicted octanol–water partition coefficient (Wildman–Crippen LogP) is 3.79. The summed E-state index contributed by atoms with van der Waals surface area (Å²) in [5.41, 5.74) is -0.0227. The average molecular weight is 184 g/mol. The van der Waals surface area contributed by atoms with Crippen LogP contribution in [0.3, 0.4) is 0 Å². The largest absolute Gasteiger partial charge is 0.373 e. The second-order valence-corrected chi connectivity index (χ2v) is 4.95. The first-order chi connectivity index (χ1) is 5.81. The van der Waals surface area contributed by atoms with E-state index in [0.29, 0.717) is 12.0 Å². The molecule has 0 aromatic carbocycles. The van der Waals surface area contributed by atoms with Crippen molar-refractivity contribution in [3.05, 3.63) is 12.2 Å². The number of rotatable bonds is 4. The Morgan fingerprint density at radius 2 is 1.69 bits per heavy atom. The van der Waals surface area contributed by atoms with E-state index < -0.39 is 0 Å². The molecule has 0 radical (unpaired) electrons. The van der Waals surface area contributed by atoms with Gasteiger partial charge in [-0.1, -0.05) is 26.0 Å². The van der Waals surface area contributed by atoms with Crippen molar-refractivity contribution < 1.29 is 4.74 Å². The molecular weight excluding hydrogens is 160 g/mol. The molecule has 1 atom stereocenters. The molecule has 0 saturated heterocycles. The molecular formula is C12H24O. The van der Waals surface area contributed by atoms with E-state index in [1.165, 1.54) is 0 Å². The zero-order valence-corrected chi connectivity index (χ0v) is 9.92. The minimum atomic E-state index is -0.0227. The van der Waals surface area contributed by atoms with E-state index in [1.807, 2.05) is 0 Å². The summed E-state index contributed by atoms with van der Waals surface area (Å²) in [7, 11) is 0. The summed E-state index contributed by atoms with van der Waals surface area (Å²) < 4.78 is 5.77. The Bertz CT molecular complexity index is 151. The fraction of sp³-hybridized carbons (Fsp3) is 0.833. The smallest absolute Gasteiger partial charge is 0.0602 e. The van der Waals surface area contributed by atoms with Gasteiger partial charge in [0.15, 0.2) is 0 Å². The molecule has 0 aliphatic rings. The fourth-order valence-corrected chi connectivity index (χ4v) is 1.19. The van der Waals surface area contributed by atoms with Crippen molar-refractivity contribution in [2.24, 2.45) is 5.92 Å². The molecule has 0 heterocycles. The third kappa shape index (κ3) is 9.62. The van der Waals surface area contributed by atoms with Crippen LogP contribution in [-0.4, -0.2) is 11.7 Å². The van der Waals surface area contributed by atoms with E-state index in [2.05, 4.69) is 53.7 Å². The van der Waals surface area contributed by atoms with E-state index in [1.54, 1.807) is 0 Å². The van der Waals surface area contributed by atoms with Crippen LogP contribution in [0.15, 0.2) is 12.2 Å². The molecule has 0 fully saturated rings. The molecule has 0 rings (SSSR count). The van der Waals surface area contributed by atoms with E-state index in [9.17, 15) is 0 Å². The zero-order chi connectivity index (χ0) is 10.5. The zero-order valence-electron chi connectivity index (χ0n) is 9.92. The SMILES string of the molecule is CC(C)/C=C/C[C@@H](C)OC(C)(C)C. The summed E-state index contributed by atoms with van der Waals surface area (Å²) in [6.07, 6.45) is 5.76. The van der Waals surface area contributed by atoms with Crippen molar-refractivity contribution >= 4 is 0 Å². The summed E-state index contributed by atoms with van der Waals surface area (Å²) in [6.45, 7) is 12.8. The van der Waals surface area contributed by atoms with Gasteiger partial charge in [0.25, 0.3) is 0 Å². The van der Waals surface area contributed by atoms with Crippen molar-refractivity contribution in [1.29, 1.82) is 0 Å². The molecule has 13 heavy (non-hydrogen) atoms. The Balaban J connectivity index is 3.69.